The van der Waals surface area contributed by atoms with Gasteiger partial charge in [-0.1, -0.05) is 30.3 Å². The summed E-state index contributed by atoms with van der Waals surface area (Å²) in [4.78, 5) is 16.5. The summed E-state index contributed by atoms with van der Waals surface area (Å²) in [7, 11) is 0. The molecule has 1 aliphatic heterocycles. The second kappa shape index (κ2) is 8.16. The van der Waals surface area contributed by atoms with E-state index in [4.69, 9.17) is 9.26 Å². The first kappa shape index (κ1) is 17.5. The number of hydrogen-bond donors (Lipinski definition) is 0. The van der Waals surface area contributed by atoms with Crippen molar-refractivity contribution in [1.29, 1.82) is 0 Å². The summed E-state index contributed by atoms with van der Waals surface area (Å²) in [6.07, 6.45) is 0.893. The van der Waals surface area contributed by atoms with Crippen LogP contribution in [0.15, 0.2) is 34.9 Å². The summed E-state index contributed by atoms with van der Waals surface area (Å²) in [5.74, 6) is 1.72. The largest absolute Gasteiger partial charge is 0.483 e. The van der Waals surface area contributed by atoms with E-state index in [0.717, 1.165) is 48.8 Å². The number of piperazine rings is 1. The SMILES string of the molecule is CCc1ccccc1OCC(=O)N1CCN(Cc2cc(C)no2)CC1. The van der Waals surface area contributed by atoms with Gasteiger partial charge in [0.25, 0.3) is 5.91 Å². The summed E-state index contributed by atoms with van der Waals surface area (Å²) in [5.41, 5.74) is 2.02. The zero-order valence-electron chi connectivity index (χ0n) is 14.9. The van der Waals surface area contributed by atoms with Gasteiger partial charge in [-0.05, 0) is 25.0 Å². The van der Waals surface area contributed by atoms with E-state index in [1.54, 1.807) is 0 Å². The molecule has 1 aliphatic rings. The minimum Gasteiger partial charge on any atom is -0.483 e. The number of carbonyl (C=O) groups is 1. The van der Waals surface area contributed by atoms with Crippen LogP contribution in [-0.2, 0) is 17.8 Å². The van der Waals surface area contributed by atoms with Crippen molar-refractivity contribution in [2.45, 2.75) is 26.8 Å². The van der Waals surface area contributed by atoms with Crippen LogP contribution in [0.2, 0.25) is 0 Å². The van der Waals surface area contributed by atoms with Crippen LogP contribution in [0.25, 0.3) is 0 Å². The van der Waals surface area contributed by atoms with Crippen molar-refractivity contribution in [3.63, 3.8) is 0 Å². The highest BCUT2D eigenvalue weighted by Gasteiger charge is 2.22. The zero-order valence-corrected chi connectivity index (χ0v) is 14.9. The second-order valence-corrected chi connectivity index (χ2v) is 6.34. The number of ether oxygens (including phenoxy) is 1. The van der Waals surface area contributed by atoms with Crippen molar-refractivity contribution in [3.05, 3.63) is 47.3 Å². The molecule has 6 nitrogen and oxygen atoms in total. The molecule has 0 saturated carbocycles. The lowest BCUT2D eigenvalue weighted by molar-refractivity contribution is -0.135. The predicted octanol–water partition coefficient (Wildman–Crippen LogP) is 2.27. The first-order valence-electron chi connectivity index (χ1n) is 8.78. The molecule has 134 valence electrons. The Kier molecular flexibility index (Phi) is 5.71. The second-order valence-electron chi connectivity index (χ2n) is 6.34. The van der Waals surface area contributed by atoms with Gasteiger partial charge in [-0.15, -0.1) is 0 Å². The van der Waals surface area contributed by atoms with Crippen molar-refractivity contribution >= 4 is 5.91 Å². The Morgan fingerprint density at radius 2 is 2.00 bits per heavy atom. The smallest absolute Gasteiger partial charge is 0.260 e. The fraction of sp³-hybridized carbons (Fsp3) is 0.474. The first-order valence-corrected chi connectivity index (χ1v) is 8.78. The molecular weight excluding hydrogens is 318 g/mol. The van der Waals surface area contributed by atoms with E-state index in [2.05, 4.69) is 17.0 Å². The number of aryl methyl sites for hydroxylation is 2. The van der Waals surface area contributed by atoms with Gasteiger partial charge in [0.2, 0.25) is 0 Å². The van der Waals surface area contributed by atoms with E-state index in [-0.39, 0.29) is 12.5 Å². The minimum absolute atomic E-state index is 0.0427. The predicted molar refractivity (Wildman–Crippen MR) is 94.4 cm³/mol. The van der Waals surface area contributed by atoms with Crippen LogP contribution in [0.4, 0.5) is 0 Å². The number of rotatable bonds is 6. The highest BCUT2D eigenvalue weighted by Crippen LogP contribution is 2.18. The first-order chi connectivity index (χ1) is 12.2. The lowest BCUT2D eigenvalue weighted by Crippen LogP contribution is -2.49. The molecular formula is C19H25N3O3. The highest BCUT2D eigenvalue weighted by atomic mass is 16.5. The number of para-hydroxylation sites is 1. The monoisotopic (exact) mass is 343 g/mol. The maximum atomic E-state index is 12.4. The van der Waals surface area contributed by atoms with Crippen LogP contribution >= 0.6 is 0 Å². The van der Waals surface area contributed by atoms with Crippen LogP contribution in [-0.4, -0.2) is 53.6 Å². The molecule has 1 fully saturated rings. The van der Waals surface area contributed by atoms with Crippen molar-refractivity contribution in [2.75, 3.05) is 32.8 Å². The Balaban J connectivity index is 1.45. The molecule has 3 rings (SSSR count). The van der Waals surface area contributed by atoms with Gasteiger partial charge in [-0.2, -0.15) is 0 Å². The van der Waals surface area contributed by atoms with Gasteiger partial charge >= 0.3 is 0 Å². The molecule has 2 aromatic rings. The molecule has 0 aliphatic carbocycles. The number of aromatic nitrogens is 1. The molecule has 1 amide bonds. The lowest BCUT2D eigenvalue weighted by Gasteiger charge is -2.34. The Morgan fingerprint density at radius 3 is 2.68 bits per heavy atom. The highest BCUT2D eigenvalue weighted by molar-refractivity contribution is 5.78. The van der Waals surface area contributed by atoms with Gasteiger partial charge in [0.1, 0.15) is 5.75 Å². The van der Waals surface area contributed by atoms with Gasteiger partial charge < -0.3 is 14.2 Å². The van der Waals surface area contributed by atoms with E-state index in [9.17, 15) is 4.79 Å². The number of hydrogen-bond acceptors (Lipinski definition) is 5. The third-order valence-electron chi connectivity index (χ3n) is 4.49. The van der Waals surface area contributed by atoms with Crippen molar-refractivity contribution in [1.82, 2.24) is 15.0 Å². The van der Waals surface area contributed by atoms with Crippen molar-refractivity contribution < 1.29 is 14.1 Å². The molecule has 0 atom stereocenters. The maximum absolute atomic E-state index is 12.4. The van der Waals surface area contributed by atoms with Crippen LogP contribution < -0.4 is 4.74 Å². The van der Waals surface area contributed by atoms with E-state index in [1.807, 2.05) is 42.2 Å². The average molecular weight is 343 g/mol. The van der Waals surface area contributed by atoms with Gasteiger partial charge in [0, 0.05) is 32.2 Å². The Labute approximate surface area is 148 Å². The Hall–Kier alpha value is -2.34. The van der Waals surface area contributed by atoms with Crippen LogP contribution in [0.3, 0.4) is 0 Å². The molecule has 0 spiro atoms. The Morgan fingerprint density at radius 1 is 1.24 bits per heavy atom. The summed E-state index contributed by atoms with van der Waals surface area (Å²) < 4.78 is 11.0. The summed E-state index contributed by atoms with van der Waals surface area (Å²) >= 11 is 0. The van der Waals surface area contributed by atoms with E-state index in [1.165, 1.54) is 0 Å². The van der Waals surface area contributed by atoms with Gasteiger partial charge in [0.15, 0.2) is 12.4 Å². The fourth-order valence-electron chi connectivity index (χ4n) is 3.03. The van der Waals surface area contributed by atoms with Crippen LogP contribution in [0, 0.1) is 6.92 Å². The van der Waals surface area contributed by atoms with Crippen molar-refractivity contribution in [3.8, 4) is 5.75 Å². The third-order valence-corrected chi connectivity index (χ3v) is 4.49. The maximum Gasteiger partial charge on any atom is 0.260 e. The van der Waals surface area contributed by atoms with Crippen LogP contribution in [0.1, 0.15) is 23.9 Å². The molecule has 1 aromatic heterocycles. The summed E-state index contributed by atoms with van der Waals surface area (Å²) in [6.45, 7) is 7.92. The van der Waals surface area contributed by atoms with Crippen LogP contribution in [0.5, 0.6) is 5.75 Å². The van der Waals surface area contributed by atoms with Crippen molar-refractivity contribution in [2.24, 2.45) is 0 Å². The minimum atomic E-state index is 0.0427. The number of benzene rings is 1. The van der Waals surface area contributed by atoms with Gasteiger partial charge in [0.05, 0.1) is 12.2 Å². The van der Waals surface area contributed by atoms with E-state index < -0.39 is 0 Å². The Bertz CT molecular complexity index is 705. The normalized spacial score (nSPS) is 15.4. The van der Waals surface area contributed by atoms with E-state index >= 15 is 0 Å². The standard InChI is InChI=1S/C19H25N3O3/c1-3-16-6-4-5-7-18(16)24-14-19(23)22-10-8-21(9-11-22)13-17-12-15(2)20-25-17/h4-7,12H,3,8-11,13-14H2,1-2H3. The topological polar surface area (TPSA) is 58.8 Å². The van der Waals surface area contributed by atoms with Gasteiger partial charge in [-0.25, -0.2) is 0 Å². The average Bonchev–Trinajstić information content (AvgIpc) is 3.05. The van der Waals surface area contributed by atoms with Gasteiger partial charge in [-0.3, -0.25) is 9.69 Å². The molecule has 0 N–H and O–H groups in total. The fourth-order valence-corrected chi connectivity index (χ4v) is 3.03. The molecule has 25 heavy (non-hydrogen) atoms. The van der Waals surface area contributed by atoms with E-state index in [0.29, 0.717) is 13.1 Å². The summed E-state index contributed by atoms with van der Waals surface area (Å²) in [5, 5.41) is 3.91. The molecule has 0 bridgehead atoms. The number of carbonyl (C=O) groups excluding carboxylic acids is 1. The molecule has 1 aromatic carbocycles. The molecule has 0 radical (unpaired) electrons. The third kappa shape index (κ3) is 4.60. The lowest BCUT2D eigenvalue weighted by atomic mass is 10.1. The molecule has 1 saturated heterocycles. The quantitative estimate of drug-likeness (QED) is 0.805. The summed E-state index contributed by atoms with van der Waals surface area (Å²) in [6, 6.07) is 9.83. The molecule has 2 heterocycles. The molecule has 6 heteroatoms. The molecule has 0 unspecified atom stereocenters. The number of amides is 1. The number of nitrogens with zero attached hydrogens (tertiary/aromatic N) is 3. The zero-order chi connectivity index (χ0) is 17.6.